The van der Waals surface area contributed by atoms with E-state index in [2.05, 4.69) is 31.2 Å². The van der Waals surface area contributed by atoms with E-state index in [1.54, 1.807) is 0 Å². The number of aromatic nitrogens is 2. The zero-order valence-electron chi connectivity index (χ0n) is 9.70. The molecule has 0 amide bonds. The second-order valence-corrected chi connectivity index (χ2v) is 5.12. The molecule has 0 saturated carbocycles. The first kappa shape index (κ1) is 13.1. The lowest BCUT2D eigenvalue weighted by Crippen LogP contribution is -2.12. The highest BCUT2D eigenvalue weighted by atomic mass is 32.2. The molecule has 8 heteroatoms. The van der Waals surface area contributed by atoms with Crippen molar-refractivity contribution in [1.29, 1.82) is 0 Å². The molecule has 2 rings (SSSR count). The lowest BCUT2D eigenvalue weighted by Gasteiger charge is -2.04. The summed E-state index contributed by atoms with van der Waals surface area (Å²) in [5, 5.41) is 3.40. The quantitative estimate of drug-likeness (QED) is 0.775. The zero-order chi connectivity index (χ0) is 13.7. The minimum absolute atomic E-state index is 0.00229. The molecule has 0 spiro atoms. The van der Waals surface area contributed by atoms with Crippen LogP contribution in [0.5, 0.6) is 0 Å². The van der Waals surface area contributed by atoms with E-state index in [-0.39, 0.29) is 17.1 Å². The Morgan fingerprint density at radius 2 is 2.21 bits per heavy atom. The molecule has 0 saturated heterocycles. The Hall–Kier alpha value is -2.37. The van der Waals surface area contributed by atoms with Gasteiger partial charge in [0.15, 0.2) is 0 Å². The third-order valence-corrected chi connectivity index (χ3v) is 3.39. The van der Waals surface area contributed by atoms with Crippen molar-refractivity contribution in [1.82, 2.24) is 10.1 Å². The van der Waals surface area contributed by atoms with Crippen LogP contribution in [-0.4, -0.2) is 25.1 Å². The number of nitrogens with zero attached hydrogens (tertiary/aromatic N) is 2. The van der Waals surface area contributed by atoms with Crippen LogP contribution >= 0.6 is 0 Å². The number of hydrogen-bond acceptors (Lipinski definition) is 6. The molecule has 2 aromatic heterocycles. The summed E-state index contributed by atoms with van der Waals surface area (Å²) in [6.45, 7) is 0.190. The molecule has 19 heavy (non-hydrogen) atoms. The smallest absolute Gasteiger partial charge is 0.263 e. The van der Waals surface area contributed by atoms with Gasteiger partial charge in [-0.3, -0.25) is 9.71 Å². The van der Waals surface area contributed by atoms with Gasteiger partial charge < -0.3 is 10.3 Å². The predicted molar refractivity (Wildman–Crippen MR) is 67.5 cm³/mol. The Bertz CT molecular complexity index is 714. The monoisotopic (exact) mass is 278 g/mol. The molecule has 7 nitrogen and oxygen atoms in total. The molecule has 0 atom stereocenters. The predicted octanol–water partition coefficient (Wildman–Crippen LogP) is 0.181. The fraction of sp³-hybridized carbons (Fsp3) is 0.0909. The van der Waals surface area contributed by atoms with Crippen molar-refractivity contribution in [3.63, 3.8) is 0 Å². The highest BCUT2D eigenvalue weighted by molar-refractivity contribution is 7.92. The Kier molecular flexibility index (Phi) is 3.79. The van der Waals surface area contributed by atoms with Crippen LogP contribution in [-0.2, 0) is 10.0 Å². The summed E-state index contributed by atoms with van der Waals surface area (Å²) >= 11 is 0. The first-order valence-corrected chi connectivity index (χ1v) is 6.66. The third-order valence-electron chi connectivity index (χ3n) is 2.04. The van der Waals surface area contributed by atoms with Gasteiger partial charge in [-0.1, -0.05) is 17.0 Å². The molecule has 0 aliphatic heterocycles. The molecular formula is C11H10N4O3S. The lowest BCUT2D eigenvalue weighted by molar-refractivity contribution is 0.420. The molecule has 0 radical (unpaired) electrons. The van der Waals surface area contributed by atoms with Crippen molar-refractivity contribution < 1.29 is 12.9 Å². The molecule has 0 aliphatic rings. The summed E-state index contributed by atoms with van der Waals surface area (Å²) in [4.78, 5) is 3.83. The number of hydrogen-bond donors (Lipinski definition) is 2. The van der Waals surface area contributed by atoms with Crippen LogP contribution < -0.4 is 10.5 Å². The standard InChI is InChI=1S/C11H10N4O3S/c12-3-1-2-9-4-11(7-13-5-9)19(16,17)15-10-6-14-18-8-10/h4-8,15H,3,12H2. The van der Waals surface area contributed by atoms with Crippen LogP contribution in [0.25, 0.3) is 0 Å². The first-order valence-electron chi connectivity index (χ1n) is 5.18. The van der Waals surface area contributed by atoms with Crippen molar-refractivity contribution in [3.8, 4) is 11.8 Å². The number of nitrogens with two attached hydrogens (primary N) is 1. The Morgan fingerprint density at radius 3 is 2.89 bits per heavy atom. The van der Waals surface area contributed by atoms with E-state index in [1.165, 1.54) is 30.9 Å². The summed E-state index contributed by atoms with van der Waals surface area (Å²) in [6, 6.07) is 1.41. The van der Waals surface area contributed by atoms with Crippen LogP contribution in [0.4, 0.5) is 5.69 Å². The molecule has 0 bridgehead atoms. The topological polar surface area (TPSA) is 111 Å². The van der Waals surface area contributed by atoms with Gasteiger partial charge in [-0.05, 0) is 6.07 Å². The first-order chi connectivity index (χ1) is 9.12. The Balaban J connectivity index is 2.30. The molecule has 2 heterocycles. The van der Waals surface area contributed by atoms with E-state index < -0.39 is 10.0 Å². The van der Waals surface area contributed by atoms with Crippen molar-refractivity contribution >= 4 is 15.7 Å². The van der Waals surface area contributed by atoms with Gasteiger partial charge in [-0.25, -0.2) is 8.42 Å². The molecule has 2 aromatic rings. The lowest BCUT2D eigenvalue weighted by atomic mass is 10.3. The normalized spacial score (nSPS) is 10.6. The maximum Gasteiger partial charge on any atom is 0.263 e. The average molecular weight is 278 g/mol. The van der Waals surface area contributed by atoms with E-state index in [9.17, 15) is 8.42 Å². The number of pyridine rings is 1. The Labute approximate surface area is 109 Å². The fourth-order valence-electron chi connectivity index (χ4n) is 1.26. The molecular weight excluding hydrogens is 268 g/mol. The highest BCUT2D eigenvalue weighted by Crippen LogP contribution is 2.15. The van der Waals surface area contributed by atoms with Crippen LogP contribution in [0, 0.1) is 11.8 Å². The summed E-state index contributed by atoms with van der Waals surface area (Å²) in [7, 11) is -3.74. The minimum Gasteiger partial charge on any atom is -0.362 e. The van der Waals surface area contributed by atoms with Gasteiger partial charge >= 0.3 is 0 Å². The van der Waals surface area contributed by atoms with Gasteiger partial charge in [0, 0.05) is 18.0 Å². The van der Waals surface area contributed by atoms with Crippen molar-refractivity contribution in [2.75, 3.05) is 11.3 Å². The number of sulfonamides is 1. The largest absolute Gasteiger partial charge is 0.362 e. The fourth-order valence-corrected chi connectivity index (χ4v) is 2.27. The van der Waals surface area contributed by atoms with Crippen molar-refractivity contribution in [2.45, 2.75) is 4.90 Å². The van der Waals surface area contributed by atoms with Crippen molar-refractivity contribution in [2.24, 2.45) is 5.73 Å². The third kappa shape index (κ3) is 3.31. The summed E-state index contributed by atoms with van der Waals surface area (Å²) in [6.07, 6.45) is 5.12. The van der Waals surface area contributed by atoms with Crippen LogP contribution in [0.15, 0.2) is 40.3 Å². The zero-order valence-corrected chi connectivity index (χ0v) is 10.5. The van der Waals surface area contributed by atoms with E-state index >= 15 is 0 Å². The van der Waals surface area contributed by atoms with Gasteiger partial charge in [0.25, 0.3) is 10.0 Å². The SMILES string of the molecule is NCC#Cc1cncc(S(=O)(=O)Nc2cnoc2)c1. The second kappa shape index (κ2) is 5.51. The average Bonchev–Trinajstić information content (AvgIpc) is 2.89. The summed E-state index contributed by atoms with van der Waals surface area (Å²) in [5.74, 6) is 5.34. The molecule has 98 valence electrons. The molecule has 0 unspecified atom stereocenters. The Morgan fingerprint density at radius 1 is 1.37 bits per heavy atom. The van der Waals surface area contributed by atoms with Gasteiger partial charge in [-0.15, -0.1) is 0 Å². The van der Waals surface area contributed by atoms with Crippen LogP contribution in [0.2, 0.25) is 0 Å². The molecule has 0 aromatic carbocycles. The maximum atomic E-state index is 12.0. The maximum absolute atomic E-state index is 12.0. The number of nitrogens with one attached hydrogen (secondary N) is 1. The van der Waals surface area contributed by atoms with Gasteiger partial charge in [0.1, 0.15) is 16.8 Å². The van der Waals surface area contributed by atoms with Crippen LogP contribution in [0.3, 0.4) is 0 Å². The highest BCUT2D eigenvalue weighted by Gasteiger charge is 2.15. The molecule has 0 aliphatic carbocycles. The van der Waals surface area contributed by atoms with Gasteiger partial charge in [-0.2, -0.15) is 0 Å². The molecule has 3 N–H and O–H groups in total. The van der Waals surface area contributed by atoms with E-state index in [0.717, 1.165) is 0 Å². The van der Waals surface area contributed by atoms with Gasteiger partial charge in [0.05, 0.1) is 12.7 Å². The van der Waals surface area contributed by atoms with Crippen molar-refractivity contribution in [3.05, 3.63) is 36.5 Å². The van der Waals surface area contributed by atoms with Gasteiger partial charge in [0.2, 0.25) is 0 Å². The minimum atomic E-state index is -3.74. The second-order valence-electron chi connectivity index (χ2n) is 3.43. The van der Waals surface area contributed by atoms with E-state index in [0.29, 0.717) is 5.56 Å². The van der Waals surface area contributed by atoms with E-state index in [1.807, 2.05) is 0 Å². The summed E-state index contributed by atoms with van der Waals surface area (Å²) in [5.41, 5.74) is 5.95. The van der Waals surface area contributed by atoms with Crippen LogP contribution in [0.1, 0.15) is 5.56 Å². The number of anilines is 1. The summed E-state index contributed by atoms with van der Waals surface area (Å²) < 4.78 is 30.9. The molecule has 0 fully saturated rings. The number of rotatable bonds is 3. The van der Waals surface area contributed by atoms with E-state index in [4.69, 9.17) is 5.73 Å².